The van der Waals surface area contributed by atoms with E-state index in [0.717, 1.165) is 0 Å². The van der Waals surface area contributed by atoms with E-state index in [9.17, 15) is 4.79 Å². The van der Waals surface area contributed by atoms with Crippen LogP contribution in [0.3, 0.4) is 0 Å². The highest BCUT2D eigenvalue weighted by atomic mass is 16.5. The van der Waals surface area contributed by atoms with Crippen LogP contribution in [0.5, 0.6) is 0 Å². The highest BCUT2D eigenvalue weighted by Gasteiger charge is 2.18. The lowest BCUT2D eigenvalue weighted by Gasteiger charge is -2.01. The number of hydrogen-bond acceptors (Lipinski definition) is 5. The van der Waals surface area contributed by atoms with E-state index < -0.39 is 5.97 Å². The van der Waals surface area contributed by atoms with Crippen LogP contribution in [-0.2, 0) is 13.0 Å². The van der Waals surface area contributed by atoms with Crippen LogP contribution in [0.4, 0.5) is 0 Å². The van der Waals surface area contributed by atoms with Crippen molar-refractivity contribution >= 4 is 5.97 Å². The molecule has 1 N–H and O–H groups in total. The van der Waals surface area contributed by atoms with Gasteiger partial charge in [0.1, 0.15) is 11.5 Å². The zero-order valence-corrected chi connectivity index (χ0v) is 9.54. The van der Waals surface area contributed by atoms with Gasteiger partial charge in [-0.2, -0.15) is 0 Å². The molecule has 0 unspecified atom stereocenters. The number of carboxylic acids is 1. The van der Waals surface area contributed by atoms with Crippen molar-refractivity contribution in [2.24, 2.45) is 0 Å². The van der Waals surface area contributed by atoms with Gasteiger partial charge >= 0.3 is 5.97 Å². The van der Waals surface area contributed by atoms with Gasteiger partial charge in [0.15, 0.2) is 5.69 Å². The van der Waals surface area contributed by atoms with Gasteiger partial charge in [-0.25, -0.2) is 9.48 Å². The zero-order valence-electron chi connectivity index (χ0n) is 9.54. The maximum absolute atomic E-state index is 10.9. The molecule has 0 aromatic carbocycles. The molecule has 17 heavy (non-hydrogen) atoms. The van der Waals surface area contributed by atoms with Crippen LogP contribution in [0, 0.1) is 6.92 Å². The lowest BCUT2D eigenvalue weighted by Crippen LogP contribution is -2.08. The van der Waals surface area contributed by atoms with Crippen LogP contribution in [-0.4, -0.2) is 31.2 Å². The summed E-state index contributed by atoms with van der Waals surface area (Å²) in [6.45, 7) is 4.01. The summed E-state index contributed by atoms with van der Waals surface area (Å²) in [4.78, 5) is 10.9. The molecule has 0 fully saturated rings. The summed E-state index contributed by atoms with van der Waals surface area (Å²) in [5.41, 5.74) is 1.27. The Morgan fingerprint density at radius 3 is 2.88 bits per heavy atom. The summed E-state index contributed by atoms with van der Waals surface area (Å²) in [7, 11) is 0. The second-order valence-electron chi connectivity index (χ2n) is 3.63. The fourth-order valence-electron chi connectivity index (χ4n) is 1.62. The third-order valence-corrected chi connectivity index (χ3v) is 2.36. The standard InChI is InChI=1S/C10H12N4O3/c1-3-8-9(10(15)16)11-13-14(8)5-7-4-6(2)17-12-7/h4H,3,5H2,1-2H3,(H,15,16). The molecule has 0 saturated carbocycles. The van der Waals surface area contributed by atoms with Crippen molar-refractivity contribution in [1.29, 1.82) is 0 Å². The fourth-order valence-corrected chi connectivity index (χ4v) is 1.62. The third kappa shape index (κ3) is 2.17. The van der Waals surface area contributed by atoms with Crippen LogP contribution in [0.15, 0.2) is 10.6 Å². The first-order chi connectivity index (χ1) is 8.11. The van der Waals surface area contributed by atoms with Crippen LogP contribution in [0.25, 0.3) is 0 Å². The van der Waals surface area contributed by atoms with Crippen LogP contribution >= 0.6 is 0 Å². The molecule has 2 aromatic rings. The molecule has 0 spiro atoms. The monoisotopic (exact) mass is 236 g/mol. The Kier molecular flexibility index (Phi) is 2.90. The summed E-state index contributed by atoms with van der Waals surface area (Å²) < 4.78 is 6.47. The molecule has 0 atom stereocenters. The van der Waals surface area contributed by atoms with E-state index in [1.807, 2.05) is 6.92 Å². The Morgan fingerprint density at radius 2 is 2.35 bits per heavy atom. The predicted molar refractivity (Wildman–Crippen MR) is 56.7 cm³/mol. The summed E-state index contributed by atoms with van der Waals surface area (Å²) in [6, 6.07) is 1.78. The summed E-state index contributed by atoms with van der Waals surface area (Å²) in [5.74, 6) is -0.360. The molecule has 0 saturated heterocycles. The Hall–Kier alpha value is -2.18. The quantitative estimate of drug-likeness (QED) is 0.846. The average Bonchev–Trinajstić information content (AvgIpc) is 2.85. The van der Waals surface area contributed by atoms with Crippen molar-refractivity contribution < 1.29 is 14.4 Å². The molecule has 0 radical (unpaired) electrons. The van der Waals surface area contributed by atoms with E-state index >= 15 is 0 Å². The first-order valence-corrected chi connectivity index (χ1v) is 5.19. The van der Waals surface area contributed by atoms with Gasteiger partial charge in [-0.05, 0) is 13.3 Å². The second kappa shape index (κ2) is 4.36. The first-order valence-electron chi connectivity index (χ1n) is 5.19. The van der Waals surface area contributed by atoms with Crippen molar-refractivity contribution in [2.45, 2.75) is 26.8 Å². The normalized spacial score (nSPS) is 10.7. The SMILES string of the molecule is CCc1c(C(=O)O)nnn1Cc1cc(C)on1. The number of rotatable bonds is 4. The van der Waals surface area contributed by atoms with E-state index in [1.165, 1.54) is 4.68 Å². The molecule has 2 aromatic heterocycles. The molecule has 0 aliphatic carbocycles. The number of nitrogens with zero attached hydrogens (tertiary/aromatic N) is 4. The minimum Gasteiger partial charge on any atom is -0.476 e. The van der Waals surface area contributed by atoms with Crippen molar-refractivity contribution in [3.8, 4) is 0 Å². The lowest BCUT2D eigenvalue weighted by atomic mass is 10.2. The smallest absolute Gasteiger partial charge is 0.358 e. The van der Waals surface area contributed by atoms with Crippen LogP contribution in [0.1, 0.15) is 34.6 Å². The van der Waals surface area contributed by atoms with Crippen LogP contribution < -0.4 is 0 Å². The summed E-state index contributed by atoms with van der Waals surface area (Å²) >= 11 is 0. The Labute approximate surface area is 97.0 Å². The predicted octanol–water partition coefficient (Wildman–Crippen LogP) is 0.883. The topological polar surface area (TPSA) is 94.0 Å². The van der Waals surface area contributed by atoms with Crippen LogP contribution in [0.2, 0.25) is 0 Å². The van der Waals surface area contributed by atoms with Gasteiger partial charge in [0, 0.05) is 6.07 Å². The minimum atomic E-state index is -1.07. The molecule has 0 aliphatic heterocycles. The van der Waals surface area contributed by atoms with E-state index in [2.05, 4.69) is 15.5 Å². The van der Waals surface area contributed by atoms with Crippen molar-refractivity contribution in [3.63, 3.8) is 0 Å². The zero-order chi connectivity index (χ0) is 12.4. The number of aryl methyl sites for hydroxylation is 1. The second-order valence-corrected chi connectivity index (χ2v) is 3.63. The number of carboxylic acid groups (broad SMARTS) is 1. The van der Waals surface area contributed by atoms with Gasteiger partial charge in [-0.1, -0.05) is 17.3 Å². The van der Waals surface area contributed by atoms with E-state index in [1.54, 1.807) is 13.0 Å². The number of hydrogen-bond donors (Lipinski definition) is 1. The highest BCUT2D eigenvalue weighted by molar-refractivity contribution is 5.86. The molecule has 7 nitrogen and oxygen atoms in total. The number of carbonyl (C=O) groups is 1. The Morgan fingerprint density at radius 1 is 1.59 bits per heavy atom. The summed E-state index contributed by atoms with van der Waals surface area (Å²) in [5, 5.41) is 20.2. The maximum Gasteiger partial charge on any atom is 0.358 e. The number of aromatic nitrogens is 4. The third-order valence-electron chi connectivity index (χ3n) is 2.36. The molecular formula is C10H12N4O3. The molecule has 0 aliphatic rings. The van der Waals surface area contributed by atoms with Crippen molar-refractivity contribution in [3.05, 3.63) is 28.9 Å². The van der Waals surface area contributed by atoms with Gasteiger partial charge < -0.3 is 9.63 Å². The van der Waals surface area contributed by atoms with Crippen molar-refractivity contribution in [2.75, 3.05) is 0 Å². The van der Waals surface area contributed by atoms with Gasteiger partial charge in [0.25, 0.3) is 0 Å². The average molecular weight is 236 g/mol. The van der Waals surface area contributed by atoms with E-state index in [0.29, 0.717) is 30.1 Å². The fraction of sp³-hybridized carbons (Fsp3) is 0.400. The molecule has 90 valence electrons. The molecular weight excluding hydrogens is 224 g/mol. The van der Waals surface area contributed by atoms with Gasteiger partial charge in [-0.15, -0.1) is 5.10 Å². The van der Waals surface area contributed by atoms with E-state index in [4.69, 9.17) is 9.63 Å². The molecule has 2 heterocycles. The molecule has 7 heteroatoms. The maximum atomic E-state index is 10.9. The highest BCUT2D eigenvalue weighted by Crippen LogP contribution is 2.10. The molecule has 2 rings (SSSR count). The van der Waals surface area contributed by atoms with E-state index in [-0.39, 0.29) is 5.69 Å². The lowest BCUT2D eigenvalue weighted by molar-refractivity contribution is 0.0689. The first kappa shape index (κ1) is 11.3. The van der Waals surface area contributed by atoms with Crippen molar-refractivity contribution in [1.82, 2.24) is 20.2 Å². The summed E-state index contributed by atoms with van der Waals surface area (Å²) in [6.07, 6.45) is 0.547. The van der Waals surface area contributed by atoms with Gasteiger partial charge in [-0.3, -0.25) is 0 Å². The Balaban J connectivity index is 2.30. The number of aromatic carboxylic acids is 1. The molecule has 0 amide bonds. The van der Waals surface area contributed by atoms with Gasteiger partial charge in [0.05, 0.1) is 12.2 Å². The molecule has 0 bridgehead atoms. The van der Waals surface area contributed by atoms with Gasteiger partial charge in [0.2, 0.25) is 0 Å². The Bertz CT molecular complexity index is 543. The minimum absolute atomic E-state index is 0.00674. The largest absolute Gasteiger partial charge is 0.476 e.